The predicted octanol–water partition coefficient (Wildman–Crippen LogP) is 7.18. The highest BCUT2D eigenvalue weighted by Gasteiger charge is 2.97. The SMILES string of the molecule is O=C(O)COC(F)(F)C(F)(F)C(F)(F)C(F)(F)C(F)(F)C(F)(F)C(F)(F)C(F)(F)C(F)(F)C(F)=CC(F)(F)F. The second-order valence-electron chi connectivity index (χ2n) is 6.83. The maximum Gasteiger partial charge on any atom is 0.426 e. The molecule has 1 N–H and O–H groups in total. The molecular formula is C14H4F22O3. The van der Waals surface area contributed by atoms with Crippen LogP contribution in [0.3, 0.4) is 0 Å². The molecule has 0 aliphatic carbocycles. The quantitative estimate of drug-likeness (QED) is 0.231. The topological polar surface area (TPSA) is 46.5 Å². The lowest BCUT2D eigenvalue weighted by Crippen LogP contribution is -2.76. The average molecular weight is 638 g/mol. The van der Waals surface area contributed by atoms with E-state index in [1.54, 1.807) is 0 Å². The number of aliphatic carboxylic acids is 1. The maximum atomic E-state index is 13.6. The van der Waals surface area contributed by atoms with Gasteiger partial charge < -0.3 is 9.84 Å². The zero-order chi connectivity index (χ0) is 32.3. The number of allylic oxidation sites excluding steroid dienone is 2. The molecule has 0 amide bonds. The van der Waals surface area contributed by atoms with Crippen molar-refractivity contribution in [3.05, 3.63) is 11.9 Å². The van der Waals surface area contributed by atoms with Gasteiger partial charge in [0.15, 0.2) is 12.4 Å². The van der Waals surface area contributed by atoms with Gasteiger partial charge in [-0.3, -0.25) is 0 Å². The number of carbonyl (C=O) groups is 1. The van der Waals surface area contributed by atoms with Gasteiger partial charge >= 0.3 is 65.6 Å². The third kappa shape index (κ3) is 5.37. The van der Waals surface area contributed by atoms with Crippen molar-refractivity contribution < 1.29 is 111 Å². The molecule has 0 saturated heterocycles. The molecule has 0 aliphatic rings. The summed E-state index contributed by atoms with van der Waals surface area (Å²) in [6.07, 6.45) is -16.6. The number of carboxylic acids is 1. The Labute approximate surface area is 197 Å². The first-order valence-corrected chi connectivity index (χ1v) is 8.26. The minimum absolute atomic E-state index is 2.23. The van der Waals surface area contributed by atoms with Crippen LogP contribution in [0.5, 0.6) is 0 Å². The molecule has 232 valence electrons. The Morgan fingerprint density at radius 3 is 1.10 bits per heavy atom. The molecular weight excluding hydrogens is 634 g/mol. The average Bonchev–Trinajstić information content (AvgIpc) is 2.69. The van der Waals surface area contributed by atoms with E-state index in [0.717, 1.165) is 0 Å². The van der Waals surface area contributed by atoms with Gasteiger partial charge in [-0.1, -0.05) is 0 Å². The number of carboxylic acid groups (broad SMARTS) is 1. The highest BCUT2D eigenvalue weighted by molar-refractivity contribution is 5.68. The second kappa shape index (κ2) is 9.62. The van der Waals surface area contributed by atoms with Crippen LogP contribution in [0.25, 0.3) is 0 Å². The van der Waals surface area contributed by atoms with Gasteiger partial charge in [0.25, 0.3) is 0 Å². The molecule has 0 unspecified atom stereocenters. The summed E-state index contributed by atoms with van der Waals surface area (Å²) in [5, 5.41) is 7.91. The van der Waals surface area contributed by atoms with E-state index < -0.39 is 84.1 Å². The lowest BCUT2D eigenvalue weighted by atomic mass is 9.87. The van der Waals surface area contributed by atoms with Gasteiger partial charge in [-0.05, 0) is 0 Å². The molecule has 0 saturated carbocycles. The van der Waals surface area contributed by atoms with Crippen molar-refractivity contribution in [2.45, 2.75) is 59.7 Å². The first kappa shape index (κ1) is 36.6. The molecule has 0 bridgehead atoms. The first-order chi connectivity index (χ1) is 16.5. The van der Waals surface area contributed by atoms with E-state index >= 15 is 0 Å². The van der Waals surface area contributed by atoms with Gasteiger partial charge in [0.2, 0.25) is 0 Å². The van der Waals surface area contributed by atoms with Crippen LogP contribution in [0.15, 0.2) is 11.9 Å². The van der Waals surface area contributed by atoms with Crippen molar-refractivity contribution in [3.63, 3.8) is 0 Å². The smallest absolute Gasteiger partial charge is 0.426 e. The fourth-order valence-corrected chi connectivity index (χ4v) is 1.99. The van der Waals surface area contributed by atoms with Crippen LogP contribution in [-0.2, 0) is 9.53 Å². The number of rotatable bonds is 12. The maximum absolute atomic E-state index is 13.6. The van der Waals surface area contributed by atoms with Crippen molar-refractivity contribution in [2.24, 2.45) is 0 Å². The van der Waals surface area contributed by atoms with E-state index in [0.29, 0.717) is 0 Å². The number of ether oxygens (including phenoxy) is 1. The minimum atomic E-state index is -9.26. The number of hydrogen-bond acceptors (Lipinski definition) is 2. The molecule has 0 aromatic carbocycles. The summed E-state index contributed by atoms with van der Waals surface area (Å²) in [5.41, 5.74) is 0. The van der Waals surface area contributed by atoms with Crippen LogP contribution < -0.4 is 0 Å². The van der Waals surface area contributed by atoms with Gasteiger partial charge in [-0.2, -0.15) is 92.2 Å². The van der Waals surface area contributed by atoms with Crippen molar-refractivity contribution in [2.75, 3.05) is 6.61 Å². The zero-order valence-corrected chi connectivity index (χ0v) is 16.9. The Balaban J connectivity index is 7.05. The summed E-state index contributed by atoms with van der Waals surface area (Å²) >= 11 is 0. The summed E-state index contributed by atoms with van der Waals surface area (Å²) in [5.74, 6) is -78.3. The normalized spacial score (nSPS) is 16.5. The van der Waals surface area contributed by atoms with Gasteiger partial charge in [0, 0.05) is 0 Å². The van der Waals surface area contributed by atoms with Crippen LogP contribution in [0.2, 0.25) is 0 Å². The predicted molar refractivity (Wildman–Crippen MR) is 73.4 cm³/mol. The van der Waals surface area contributed by atoms with Crippen LogP contribution in [0, 0.1) is 0 Å². The molecule has 0 spiro atoms. The Morgan fingerprint density at radius 2 is 0.821 bits per heavy atom. The van der Waals surface area contributed by atoms with Crippen molar-refractivity contribution in [1.82, 2.24) is 0 Å². The van der Waals surface area contributed by atoms with E-state index in [1.807, 2.05) is 0 Å². The number of halogens is 22. The lowest BCUT2D eigenvalue weighted by Gasteiger charge is -2.44. The molecule has 39 heavy (non-hydrogen) atoms. The molecule has 0 aliphatic heterocycles. The third-order valence-corrected chi connectivity index (χ3v) is 4.09. The number of hydrogen-bond donors (Lipinski definition) is 1. The monoisotopic (exact) mass is 638 g/mol. The summed E-state index contributed by atoms with van der Waals surface area (Å²) in [6, 6.07) is 0. The zero-order valence-electron chi connectivity index (χ0n) is 16.9. The largest absolute Gasteiger partial charge is 0.480 e. The van der Waals surface area contributed by atoms with Crippen LogP contribution in [-0.4, -0.2) is 77.3 Å². The molecule has 0 aromatic rings. The summed E-state index contributed by atoms with van der Waals surface area (Å²) in [7, 11) is 0. The van der Waals surface area contributed by atoms with Crippen molar-refractivity contribution in [3.8, 4) is 0 Å². The van der Waals surface area contributed by atoms with Gasteiger partial charge in [-0.15, -0.1) is 0 Å². The van der Waals surface area contributed by atoms with Gasteiger partial charge in [0.05, 0.1) is 6.08 Å². The minimum Gasteiger partial charge on any atom is -0.480 e. The van der Waals surface area contributed by atoms with Gasteiger partial charge in [-0.25, -0.2) is 9.18 Å². The molecule has 0 rings (SSSR count). The highest BCUT2D eigenvalue weighted by Crippen LogP contribution is 2.65. The number of alkyl halides is 21. The van der Waals surface area contributed by atoms with Crippen molar-refractivity contribution in [1.29, 1.82) is 0 Å². The fraction of sp³-hybridized carbons (Fsp3) is 0.786. The first-order valence-electron chi connectivity index (χ1n) is 8.26. The molecule has 0 heterocycles. The highest BCUT2D eigenvalue weighted by atomic mass is 19.4. The van der Waals surface area contributed by atoms with Crippen molar-refractivity contribution >= 4 is 5.97 Å². The van der Waals surface area contributed by atoms with E-state index in [9.17, 15) is 101 Å². The Kier molecular flexibility index (Phi) is 9.04. The van der Waals surface area contributed by atoms with E-state index in [2.05, 4.69) is 4.74 Å². The Hall–Kier alpha value is -2.37. The summed E-state index contributed by atoms with van der Waals surface area (Å²) in [6.45, 7) is -2.85. The molecule has 0 atom stereocenters. The Morgan fingerprint density at radius 1 is 0.538 bits per heavy atom. The molecule has 0 radical (unpaired) electrons. The molecule has 25 heteroatoms. The van der Waals surface area contributed by atoms with Crippen LogP contribution in [0.1, 0.15) is 0 Å². The third-order valence-electron chi connectivity index (χ3n) is 4.09. The lowest BCUT2D eigenvalue weighted by molar-refractivity contribution is -0.476. The van der Waals surface area contributed by atoms with Crippen LogP contribution in [0.4, 0.5) is 96.6 Å². The molecule has 0 aromatic heterocycles. The van der Waals surface area contributed by atoms with E-state index in [4.69, 9.17) is 5.11 Å². The van der Waals surface area contributed by atoms with E-state index in [1.165, 1.54) is 0 Å². The van der Waals surface area contributed by atoms with E-state index in [-0.39, 0.29) is 0 Å². The summed E-state index contributed by atoms with van der Waals surface area (Å²) < 4.78 is 292. The van der Waals surface area contributed by atoms with Crippen LogP contribution >= 0.6 is 0 Å². The summed E-state index contributed by atoms with van der Waals surface area (Å²) in [4.78, 5) is 9.95. The standard InChI is InChI=1S/C14H4F22O3/c15-3(1-5(16,17)18)6(19,20)7(21,22)8(23,24)9(25,26)10(27,28)11(29,30)12(31,32)13(33,34)14(35,36)39-2-4(37)38/h1H,2H2,(H,37,38). The fourth-order valence-electron chi connectivity index (χ4n) is 1.99. The molecule has 0 fully saturated rings. The van der Waals surface area contributed by atoms with Gasteiger partial charge in [0.1, 0.15) is 0 Å². The second-order valence-corrected chi connectivity index (χ2v) is 6.83. The Bertz CT molecular complexity index is 944. The molecule has 3 nitrogen and oxygen atoms in total.